The van der Waals surface area contributed by atoms with Gasteiger partial charge in [0, 0.05) is 17.4 Å². The van der Waals surface area contributed by atoms with Crippen molar-refractivity contribution >= 4 is 22.5 Å². The molecule has 1 heterocycles. The third-order valence-corrected chi connectivity index (χ3v) is 3.13. The monoisotopic (exact) mass is 266 g/mol. The number of fused-ring (bicyclic) bond motifs is 1. The summed E-state index contributed by atoms with van der Waals surface area (Å²) in [6, 6.07) is 14.3. The van der Waals surface area contributed by atoms with Crippen molar-refractivity contribution < 1.29 is 9.90 Å². The summed E-state index contributed by atoms with van der Waals surface area (Å²) in [5.41, 5.74) is 2.71. The largest absolute Gasteiger partial charge is 0.508 e. The van der Waals surface area contributed by atoms with Crippen molar-refractivity contribution in [2.75, 3.05) is 5.32 Å². The van der Waals surface area contributed by atoms with E-state index < -0.39 is 0 Å². The summed E-state index contributed by atoms with van der Waals surface area (Å²) in [5.74, 6) is 0.103. The van der Waals surface area contributed by atoms with E-state index in [1.54, 1.807) is 24.3 Å². The summed E-state index contributed by atoms with van der Waals surface area (Å²) in [6.07, 6.45) is 2.20. The molecule has 0 atom stereocenters. The Balaban J connectivity index is 1.70. The van der Waals surface area contributed by atoms with E-state index in [1.807, 2.05) is 30.5 Å². The lowest BCUT2D eigenvalue weighted by molar-refractivity contribution is -0.115. The van der Waals surface area contributed by atoms with E-state index in [2.05, 4.69) is 10.3 Å². The second-order valence-electron chi connectivity index (χ2n) is 4.67. The molecule has 4 heteroatoms. The smallest absolute Gasteiger partial charge is 0.228 e. The van der Waals surface area contributed by atoms with E-state index in [1.165, 1.54) is 0 Å². The van der Waals surface area contributed by atoms with Gasteiger partial charge in [0.1, 0.15) is 5.75 Å². The molecule has 0 fully saturated rings. The molecule has 1 aromatic heterocycles. The molecule has 1 amide bonds. The maximum Gasteiger partial charge on any atom is 0.228 e. The molecule has 0 aliphatic carbocycles. The Labute approximate surface area is 116 Å². The Bertz CT molecular complexity index is 745. The van der Waals surface area contributed by atoms with Crippen molar-refractivity contribution in [3.05, 3.63) is 60.3 Å². The number of hydrogen-bond acceptors (Lipinski definition) is 2. The number of rotatable bonds is 3. The molecule has 100 valence electrons. The minimum Gasteiger partial charge on any atom is -0.508 e. The molecule has 0 bridgehead atoms. The second-order valence-corrected chi connectivity index (χ2v) is 4.67. The highest BCUT2D eigenvalue weighted by atomic mass is 16.3. The number of aromatic hydroxyl groups is 1. The van der Waals surface area contributed by atoms with Crippen molar-refractivity contribution in [2.45, 2.75) is 6.42 Å². The average Bonchev–Trinajstić information content (AvgIpc) is 2.89. The Kier molecular flexibility index (Phi) is 3.13. The van der Waals surface area contributed by atoms with Crippen LogP contribution in [0.15, 0.2) is 54.7 Å². The minimum atomic E-state index is -0.0782. The number of carbonyl (C=O) groups excluding carboxylic acids is 1. The second kappa shape index (κ2) is 5.09. The van der Waals surface area contributed by atoms with E-state index >= 15 is 0 Å². The highest BCUT2D eigenvalue weighted by Crippen LogP contribution is 2.16. The number of carbonyl (C=O) groups is 1. The number of phenolic OH excluding ortho intramolecular Hbond substituents is 1. The van der Waals surface area contributed by atoms with Gasteiger partial charge in [-0.05, 0) is 53.4 Å². The maximum absolute atomic E-state index is 12.0. The fourth-order valence-corrected chi connectivity index (χ4v) is 2.15. The van der Waals surface area contributed by atoms with Gasteiger partial charge in [0.15, 0.2) is 0 Å². The predicted octanol–water partition coefficient (Wildman–Crippen LogP) is 3.05. The van der Waals surface area contributed by atoms with Gasteiger partial charge in [-0.1, -0.05) is 6.07 Å². The van der Waals surface area contributed by atoms with Crippen LogP contribution in [-0.4, -0.2) is 16.0 Å². The Morgan fingerprint density at radius 2 is 1.90 bits per heavy atom. The number of aromatic nitrogens is 1. The fourth-order valence-electron chi connectivity index (χ4n) is 2.15. The predicted molar refractivity (Wildman–Crippen MR) is 78.7 cm³/mol. The molecule has 2 aromatic carbocycles. The summed E-state index contributed by atoms with van der Waals surface area (Å²) >= 11 is 0. The van der Waals surface area contributed by atoms with Crippen LogP contribution in [0.2, 0.25) is 0 Å². The maximum atomic E-state index is 12.0. The number of phenols is 1. The van der Waals surface area contributed by atoms with Gasteiger partial charge in [-0.15, -0.1) is 0 Å². The molecule has 3 N–H and O–H groups in total. The molecule has 0 radical (unpaired) electrons. The summed E-state index contributed by atoms with van der Waals surface area (Å²) in [6.45, 7) is 0. The Morgan fingerprint density at radius 3 is 2.70 bits per heavy atom. The van der Waals surface area contributed by atoms with Crippen LogP contribution in [0.25, 0.3) is 10.9 Å². The zero-order chi connectivity index (χ0) is 13.9. The summed E-state index contributed by atoms with van der Waals surface area (Å²) < 4.78 is 0. The molecular formula is C16H14N2O2. The molecule has 3 aromatic rings. The molecule has 0 saturated heterocycles. The third-order valence-electron chi connectivity index (χ3n) is 3.13. The molecule has 0 spiro atoms. The quantitative estimate of drug-likeness (QED) is 0.638. The molecular weight excluding hydrogens is 252 g/mol. The van der Waals surface area contributed by atoms with Crippen molar-refractivity contribution in [1.29, 1.82) is 0 Å². The van der Waals surface area contributed by atoms with Crippen LogP contribution in [0.4, 0.5) is 5.69 Å². The van der Waals surface area contributed by atoms with Crippen molar-refractivity contribution in [1.82, 2.24) is 4.98 Å². The van der Waals surface area contributed by atoms with Gasteiger partial charge >= 0.3 is 0 Å². The van der Waals surface area contributed by atoms with Gasteiger partial charge < -0.3 is 15.4 Å². The molecule has 20 heavy (non-hydrogen) atoms. The van der Waals surface area contributed by atoms with Gasteiger partial charge in [0.25, 0.3) is 0 Å². The lowest BCUT2D eigenvalue weighted by atomic mass is 10.1. The highest BCUT2D eigenvalue weighted by molar-refractivity contribution is 5.93. The Hall–Kier alpha value is -2.75. The van der Waals surface area contributed by atoms with Crippen LogP contribution in [0.1, 0.15) is 5.56 Å². The molecule has 4 nitrogen and oxygen atoms in total. The molecule has 3 rings (SSSR count). The lowest BCUT2D eigenvalue weighted by Gasteiger charge is -2.05. The van der Waals surface area contributed by atoms with E-state index in [-0.39, 0.29) is 11.7 Å². The third kappa shape index (κ3) is 2.64. The first-order chi connectivity index (χ1) is 9.70. The summed E-state index contributed by atoms with van der Waals surface area (Å²) in [5, 5.41) is 13.1. The average molecular weight is 266 g/mol. The first-order valence-electron chi connectivity index (χ1n) is 6.35. The number of nitrogens with one attached hydrogen (secondary N) is 2. The van der Waals surface area contributed by atoms with Crippen LogP contribution in [-0.2, 0) is 11.2 Å². The highest BCUT2D eigenvalue weighted by Gasteiger charge is 2.05. The van der Waals surface area contributed by atoms with Crippen LogP contribution in [0.3, 0.4) is 0 Å². The number of amides is 1. The fraction of sp³-hybridized carbons (Fsp3) is 0.0625. The molecule has 0 aliphatic heterocycles. The van der Waals surface area contributed by atoms with Crippen LogP contribution >= 0.6 is 0 Å². The van der Waals surface area contributed by atoms with E-state index in [0.717, 1.165) is 16.5 Å². The van der Waals surface area contributed by atoms with Crippen LogP contribution < -0.4 is 5.32 Å². The van der Waals surface area contributed by atoms with E-state index in [4.69, 9.17) is 0 Å². The van der Waals surface area contributed by atoms with Crippen LogP contribution in [0, 0.1) is 0 Å². The van der Waals surface area contributed by atoms with Gasteiger partial charge in [0.2, 0.25) is 5.91 Å². The van der Waals surface area contributed by atoms with Crippen LogP contribution in [0.5, 0.6) is 5.75 Å². The SMILES string of the molecule is O=C(Cc1ccc2[nH]ccc2c1)Nc1ccc(O)cc1. The van der Waals surface area contributed by atoms with Gasteiger partial charge in [0.05, 0.1) is 6.42 Å². The first kappa shape index (κ1) is 12.3. The molecule has 0 aliphatic rings. The lowest BCUT2D eigenvalue weighted by Crippen LogP contribution is -2.14. The number of anilines is 1. The van der Waals surface area contributed by atoms with Gasteiger partial charge in [-0.25, -0.2) is 0 Å². The number of benzene rings is 2. The molecule has 0 saturated carbocycles. The van der Waals surface area contributed by atoms with E-state index in [9.17, 15) is 9.90 Å². The van der Waals surface area contributed by atoms with Crippen molar-refractivity contribution in [2.24, 2.45) is 0 Å². The molecule has 0 unspecified atom stereocenters. The van der Waals surface area contributed by atoms with Crippen molar-refractivity contribution in [3.63, 3.8) is 0 Å². The van der Waals surface area contributed by atoms with Crippen molar-refractivity contribution in [3.8, 4) is 5.75 Å². The number of aromatic amines is 1. The van der Waals surface area contributed by atoms with Gasteiger partial charge in [-0.2, -0.15) is 0 Å². The summed E-state index contributed by atoms with van der Waals surface area (Å²) in [7, 11) is 0. The van der Waals surface area contributed by atoms with Gasteiger partial charge in [-0.3, -0.25) is 4.79 Å². The van der Waals surface area contributed by atoms with E-state index in [0.29, 0.717) is 12.1 Å². The topological polar surface area (TPSA) is 65.1 Å². The number of H-pyrrole nitrogens is 1. The normalized spacial score (nSPS) is 10.6. The Morgan fingerprint density at radius 1 is 1.10 bits per heavy atom. The standard InChI is InChI=1S/C16H14N2O2/c19-14-4-2-13(3-5-14)18-16(20)10-11-1-6-15-12(9-11)7-8-17-15/h1-9,17,19H,10H2,(H,18,20). The first-order valence-corrected chi connectivity index (χ1v) is 6.35. The zero-order valence-electron chi connectivity index (χ0n) is 10.8. The number of hydrogen-bond donors (Lipinski definition) is 3. The zero-order valence-corrected chi connectivity index (χ0v) is 10.8. The minimum absolute atomic E-state index is 0.0782. The summed E-state index contributed by atoms with van der Waals surface area (Å²) in [4.78, 5) is 15.1.